The molecule has 7 atom stereocenters. The maximum atomic E-state index is 12.8. The van der Waals surface area contributed by atoms with Gasteiger partial charge in [0.05, 0.1) is 18.6 Å². The van der Waals surface area contributed by atoms with Crippen molar-refractivity contribution in [2.75, 3.05) is 33.4 Å². The molecule has 1 saturated carbocycles. The van der Waals surface area contributed by atoms with Crippen LogP contribution < -0.4 is 5.32 Å². The number of carbonyl (C=O) groups excluding carboxylic acids is 1. The number of amides is 1. The number of carbonyl (C=O) groups is 1. The van der Waals surface area contributed by atoms with Crippen LogP contribution in [0.3, 0.4) is 0 Å². The molecule has 1 spiro atoms. The first-order valence-electron chi connectivity index (χ1n) is 12.0. The number of hydrogen-bond donors (Lipinski definition) is 1. The quantitative estimate of drug-likeness (QED) is 0.512. The minimum absolute atomic E-state index is 0.0592. The first-order valence-corrected chi connectivity index (χ1v) is 12.0. The smallest absolute Gasteiger partial charge is 0.407 e. The highest BCUT2D eigenvalue weighted by Crippen LogP contribution is 2.59. The number of piperidine rings is 3. The van der Waals surface area contributed by atoms with Crippen molar-refractivity contribution in [3.8, 4) is 0 Å². The zero-order valence-electron chi connectivity index (χ0n) is 19.4. The van der Waals surface area contributed by atoms with E-state index in [2.05, 4.69) is 37.1 Å². The van der Waals surface area contributed by atoms with Gasteiger partial charge in [-0.3, -0.25) is 0 Å². The van der Waals surface area contributed by atoms with Gasteiger partial charge >= 0.3 is 6.09 Å². The third-order valence-electron chi connectivity index (χ3n) is 8.45. The van der Waals surface area contributed by atoms with E-state index < -0.39 is 0 Å². The number of ether oxygens (including phenoxy) is 4. The Morgan fingerprint density at radius 3 is 2.58 bits per heavy atom. The van der Waals surface area contributed by atoms with Crippen molar-refractivity contribution in [2.24, 2.45) is 11.8 Å². The summed E-state index contributed by atoms with van der Waals surface area (Å²) in [6.45, 7) is 10.4. The summed E-state index contributed by atoms with van der Waals surface area (Å²) in [5, 5.41) is 3.16. The summed E-state index contributed by atoms with van der Waals surface area (Å²) in [6, 6.07) is 0.200. The van der Waals surface area contributed by atoms with Crippen LogP contribution in [-0.4, -0.2) is 79.9 Å². The second-order valence-corrected chi connectivity index (χ2v) is 10.7. The average Bonchev–Trinajstić information content (AvgIpc) is 3.66. The molecule has 1 aliphatic carbocycles. The Balaban J connectivity index is 1.25. The van der Waals surface area contributed by atoms with Gasteiger partial charge in [-0.05, 0) is 71.9 Å². The molecule has 0 aromatic rings. The minimum atomic E-state index is -0.308. The molecule has 2 bridgehead atoms. The molecule has 1 amide bonds. The molecule has 6 fully saturated rings. The Bertz CT molecular complexity index is 725. The molecule has 5 aliphatic heterocycles. The second-order valence-electron chi connectivity index (χ2n) is 10.7. The van der Waals surface area contributed by atoms with E-state index >= 15 is 0 Å². The summed E-state index contributed by atoms with van der Waals surface area (Å²) in [5.41, 5.74) is 0.798. The van der Waals surface area contributed by atoms with Gasteiger partial charge in [0, 0.05) is 19.7 Å². The van der Waals surface area contributed by atoms with Gasteiger partial charge in [0.25, 0.3) is 0 Å². The number of epoxide rings is 2. The number of nitrogens with one attached hydrogen (secondary N) is 1. The highest BCUT2D eigenvalue weighted by molar-refractivity contribution is 5.68. The van der Waals surface area contributed by atoms with Crippen molar-refractivity contribution in [3.05, 3.63) is 11.6 Å². The minimum Gasteiger partial charge on any atom is -0.443 e. The molecule has 6 rings (SSSR count). The summed E-state index contributed by atoms with van der Waals surface area (Å²) in [5.74, 6) is 0.636. The Hall–Kier alpha value is -1.15. The van der Waals surface area contributed by atoms with E-state index in [1.165, 1.54) is 18.4 Å². The molecule has 7 nitrogen and oxygen atoms in total. The Labute approximate surface area is 185 Å². The van der Waals surface area contributed by atoms with Crippen LogP contribution in [0.4, 0.5) is 4.79 Å². The van der Waals surface area contributed by atoms with Gasteiger partial charge in [-0.15, -0.1) is 0 Å². The van der Waals surface area contributed by atoms with Gasteiger partial charge < -0.3 is 29.2 Å². The molecular weight excluding hydrogens is 396 g/mol. The lowest BCUT2D eigenvalue weighted by atomic mass is 9.68. The number of fused-ring (bicyclic) bond motifs is 3. The standard InChI is InChI=1S/C24H38N2O5/c1-15(2)5-6-19-23(3,31-19)21-20(28-4)18(7-10-24(21)14-29-24)30-22(27)25-17-13-26-11-8-16(17)9-12-26/h5,16-21H,6-14H2,1-4H3,(H,25,27)/t17-,18+,19+,20+,21+,23-,24-/m0/s1. The van der Waals surface area contributed by atoms with E-state index in [1.807, 2.05) is 0 Å². The number of nitrogens with zero attached hydrogens (tertiary/aromatic N) is 1. The zero-order valence-corrected chi connectivity index (χ0v) is 19.4. The van der Waals surface area contributed by atoms with Crippen LogP contribution in [0.2, 0.25) is 0 Å². The normalized spacial score (nSPS) is 47.7. The summed E-state index contributed by atoms with van der Waals surface area (Å²) in [6.07, 6.45) is 6.45. The highest BCUT2D eigenvalue weighted by atomic mass is 16.6. The third kappa shape index (κ3) is 4.03. The van der Waals surface area contributed by atoms with Crippen LogP contribution in [0.15, 0.2) is 11.6 Å². The predicted octanol–water partition coefficient (Wildman–Crippen LogP) is 2.88. The van der Waals surface area contributed by atoms with E-state index in [-0.39, 0.29) is 47.6 Å². The maximum Gasteiger partial charge on any atom is 0.407 e. The fourth-order valence-electron chi connectivity index (χ4n) is 6.52. The molecule has 6 aliphatic rings. The second kappa shape index (κ2) is 8.01. The molecule has 0 aromatic heterocycles. The van der Waals surface area contributed by atoms with Crippen LogP contribution in [0, 0.1) is 11.8 Å². The molecule has 5 saturated heterocycles. The van der Waals surface area contributed by atoms with Crippen LogP contribution >= 0.6 is 0 Å². The largest absolute Gasteiger partial charge is 0.443 e. The van der Waals surface area contributed by atoms with Gasteiger partial charge in [-0.2, -0.15) is 0 Å². The summed E-state index contributed by atoms with van der Waals surface area (Å²) in [4.78, 5) is 15.3. The zero-order chi connectivity index (χ0) is 21.8. The van der Waals surface area contributed by atoms with Crippen LogP contribution in [0.25, 0.3) is 0 Å². The van der Waals surface area contributed by atoms with Crippen LogP contribution in [0.1, 0.15) is 52.9 Å². The van der Waals surface area contributed by atoms with Crippen molar-refractivity contribution < 1.29 is 23.7 Å². The third-order valence-corrected chi connectivity index (χ3v) is 8.45. The van der Waals surface area contributed by atoms with E-state index in [9.17, 15) is 4.79 Å². The summed E-state index contributed by atoms with van der Waals surface area (Å²) in [7, 11) is 1.72. The van der Waals surface area contributed by atoms with Crippen molar-refractivity contribution in [1.29, 1.82) is 0 Å². The Kier molecular flexibility index (Phi) is 5.60. The van der Waals surface area contributed by atoms with E-state index in [4.69, 9.17) is 18.9 Å². The highest BCUT2D eigenvalue weighted by Gasteiger charge is 2.72. The lowest BCUT2D eigenvalue weighted by Crippen LogP contribution is -2.59. The lowest BCUT2D eigenvalue weighted by molar-refractivity contribution is -0.118. The first-order chi connectivity index (χ1) is 14.8. The number of alkyl carbamates (subject to hydrolysis) is 1. The van der Waals surface area contributed by atoms with Crippen molar-refractivity contribution in [1.82, 2.24) is 10.2 Å². The fourth-order valence-corrected chi connectivity index (χ4v) is 6.52. The molecule has 0 aromatic carbocycles. The molecule has 5 heterocycles. The first kappa shape index (κ1) is 21.7. The molecule has 31 heavy (non-hydrogen) atoms. The van der Waals surface area contributed by atoms with Crippen molar-refractivity contribution >= 4 is 6.09 Å². The van der Waals surface area contributed by atoms with Crippen LogP contribution in [-0.2, 0) is 18.9 Å². The van der Waals surface area contributed by atoms with E-state index in [0.717, 1.165) is 45.5 Å². The van der Waals surface area contributed by atoms with Gasteiger partial charge in [0.2, 0.25) is 0 Å². The lowest BCUT2D eigenvalue weighted by Gasteiger charge is -2.45. The molecule has 0 radical (unpaired) electrons. The molecule has 174 valence electrons. The van der Waals surface area contributed by atoms with Gasteiger partial charge in [0.1, 0.15) is 23.4 Å². The number of rotatable bonds is 6. The monoisotopic (exact) mass is 434 g/mol. The van der Waals surface area contributed by atoms with Gasteiger partial charge in [0.15, 0.2) is 0 Å². The molecular formula is C24H38N2O5. The Morgan fingerprint density at radius 1 is 1.26 bits per heavy atom. The number of hydrogen-bond acceptors (Lipinski definition) is 6. The summed E-state index contributed by atoms with van der Waals surface area (Å²) >= 11 is 0. The van der Waals surface area contributed by atoms with Crippen molar-refractivity contribution in [2.45, 2.75) is 88.4 Å². The molecule has 0 unspecified atom stereocenters. The van der Waals surface area contributed by atoms with Gasteiger partial charge in [-0.1, -0.05) is 11.6 Å². The molecule has 1 N–H and O–H groups in total. The fraction of sp³-hybridized carbons (Fsp3) is 0.875. The molecule has 7 heteroatoms. The number of methoxy groups -OCH3 is 1. The van der Waals surface area contributed by atoms with Crippen LogP contribution in [0.5, 0.6) is 0 Å². The SMILES string of the molecule is CO[C@@H]1[C@H](OC(=O)N[C@H]2CN3CCC2CC3)CC[C@]2(CO2)[C@H]1[C@@]1(C)O[C@@H]1CC=C(C)C. The van der Waals surface area contributed by atoms with Crippen molar-refractivity contribution in [3.63, 3.8) is 0 Å². The summed E-state index contributed by atoms with van der Waals surface area (Å²) < 4.78 is 24.2. The predicted molar refractivity (Wildman–Crippen MR) is 116 cm³/mol. The van der Waals surface area contributed by atoms with E-state index in [0.29, 0.717) is 5.92 Å². The maximum absolute atomic E-state index is 12.8. The average molecular weight is 435 g/mol. The number of allylic oxidation sites excluding steroid dienone is 1. The topological polar surface area (TPSA) is 75.9 Å². The Morgan fingerprint density at radius 2 is 2.00 bits per heavy atom. The van der Waals surface area contributed by atoms with Gasteiger partial charge in [-0.25, -0.2) is 4.79 Å². The van der Waals surface area contributed by atoms with E-state index in [1.54, 1.807) is 7.11 Å².